The van der Waals surface area contributed by atoms with Crippen LogP contribution in [-0.2, 0) is 4.74 Å². The van der Waals surface area contributed by atoms with Crippen molar-refractivity contribution in [1.82, 2.24) is 0 Å². The van der Waals surface area contributed by atoms with Crippen LogP contribution in [0.15, 0.2) is 24.3 Å². The van der Waals surface area contributed by atoms with E-state index in [2.05, 4.69) is 32.9 Å². The molecule has 1 rings (SSSR count). The number of hydrogen-bond acceptors (Lipinski definition) is 2. The Balaban J connectivity index is 0.00000324. The van der Waals surface area contributed by atoms with E-state index in [9.17, 15) is 0 Å². The molecule has 0 radical (unpaired) electrons. The van der Waals surface area contributed by atoms with E-state index in [1.807, 2.05) is 19.2 Å². The van der Waals surface area contributed by atoms with Crippen LogP contribution in [0.5, 0.6) is 5.75 Å². The van der Waals surface area contributed by atoms with Crippen LogP contribution in [0.3, 0.4) is 0 Å². The van der Waals surface area contributed by atoms with E-state index >= 15 is 0 Å². The van der Waals surface area contributed by atoms with Gasteiger partial charge >= 0.3 is 0 Å². The zero-order chi connectivity index (χ0) is 13.6. The molecule has 0 aliphatic carbocycles. The highest BCUT2D eigenvalue weighted by molar-refractivity contribution is 7.75. The maximum Gasteiger partial charge on any atom is 0.195 e. The van der Waals surface area contributed by atoms with Crippen molar-refractivity contribution in [2.45, 2.75) is 26.6 Å². The molecular formula is C15H26BrO2P. The third kappa shape index (κ3) is 3.93. The largest absolute Gasteiger partial charge is 1.00 e. The second kappa shape index (κ2) is 8.94. The number of ether oxygens (including phenoxy) is 2. The van der Waals surface area contributed by atoms with Gasteiger partial charge in [-0.15, -0.1) is 0 Å². The lowest BCUT2D eigenvalue weighted by atomic mass is 10.2. The van der Waals surface area contributed by atoms with E-state index in [0.29, 0.717) is 0 Å². The van der Waals surface area contributed by atoms with Crippen molar-refractivity contribution in [1.29, 1.82) is 0 Å². The van der Waals surface area contributed by atoms with Crippen molar-refractivity contribution in [2.75, 3.05) is 32.7 Å². The molecule has 0 aliphatic heterocycles. The van der Waals surface area contributed by atoms with Gasteiger partial charge in [0.2, 0.25) is 0 Å². The first kappa shape index (κ1) is 18.9. The average molecular weight is 349 g/mol. The summed E-state index contributed by atoms with van der Waals surface area (Å²) in [6.07, 6.45) is 3.66. The van der Waals surface area contributed by atoms with Gasteiger partial charge in [0, 0.05) is 14.4 Å². The third-order valence-electron chi connectivity index (χ3n) is 4.02. The smallest absolute Gasteiger partial charge is 0.195 e. The zero-order valence-corrected chi connectivity index (χ0v) is 15.1. The molecule has 1 unspecified atom stereocenters. The molecule has 0 amide bonds. The minimum absolute atomic E-state index is 0. The highest BCUT2D eigenvalue weighted by Crippen LogP contribution is 2.69. The van der Waals surface area contributed by atoms with Crippen LogP contribution in [0.4, 0.5) is 0 Å². The van der Waals surface area contributed by atoms with Gasteiger partial charge in [-0.1, -0.05) is 12.1 Å². The topological polar surface area (TPSA) is 18.5 Å². The number of benzene rings is 1. The Kier molecular flexibility index (Phi) is 8.89. The van der Waals surface area contributed by atoms with E-state index in [4.69, 9.17) is 9.47 Å². The first-order valence-electron chi connectivity index (χ1n) is 6.70. The van der Waals surface area contributed by atoms with E-state index in [0.717, 1.165) is 5.75 Å². The van der Waals surface area contributed by atoms with Gasteiger partial charge < -0.3 is 26.5 Å². The summed E-state index contributed by atoms with van der Waals surface area (Å²) in [4.78, 5) is 0. The first-order valence-corrected chi connectivity index (χ1v) is 9.11. The van der Waals surface area contributed by atoms with Crippen LogP contribution in [0.2, 0.25) is 0 Å². The van der Waals surface area contributed by atoms with Crippen LogP contribution in [0, 0.1) is 0 Å². The molecular weight excluding hydrogens is 323 g/mol. The summed E-state index contributed by atoms with van der Waals surface area (Å²) >= 11 is 0. The van der Waals surface area contributed by atoms with Gasteiger partial charge in [-0.3, -0.25) is 0 Å². The molecule has 0 aliphatic rings. The third-order valence-corrected chi connectivity index (χ3v) is 9.28. The zero-order valence-electron chi connectivity index (χ0n) is 12.6. The Hall–Kier alpha value is -0.110. The molecule has 0 saturated carbocycles. The van der Waals surface area contributed by atoms with Crippen LogP contribution >= 0.6 is 7.26 Å². The summed E-state index contributed by atoms with van der Waals surface area (Å²) in [5.41, 5.74) is 1.21. The van der Waals surface area contributed by atoms with Crippen molar-refractivity contribution in [2.24, 2.45) is 0 Å². The number of methoxy groups -OCH3 is 2. The van der Waals surface area contributed by atoms with Crippen molar-refractivity contribution < 1.29 is 26.5 Å². The Labute approximate surface area is 129 Å². The van der Waals surface area contributed by atoms with Crippen LogP contribution in [0.25, 0.3) is 0 Å². The molecule has 4 heteroatoms. The average Bonchev–Trinajstić information content (AvgIpc) is 2.45. The number of halogens is 1. The normalized spacial score (nSPS) is 12.7. The second-order valence-electron chi connectivity index (χ2n) is 4.50. The molecule has 1 aromatic carbocycles. The molecule has 0 bridgehead atoms. The van der Waals surface area contributed by atoms with Crippen molar-refractivity contribution in [3.05, 3.63) is 29.8 Å². The molecule has 1 atom stereocenters. The van der Waals surface area contributed by atoms with E-state index < -0.39 is 7.26 Å². The standard InChI is InChI=1S/C15H26O2P.BrH/c1-6-18(7-2,8-3)15(17-5)13-11-9-10-12-14(13)16-4;/h9-12,15H,6-8H2,1-5H3;1H/q+1;/p-1. The van der Waals surface area contributed by atoms with Crippen molar-refractivity contribution >= 4 is 7.26 Å². The molecule has 0 saturated heterocycles. The predicted molar refractivity (Wildman–Crippen MR) is 81.3 cm³/mol. The summed E-state index contributed by atoms with van der Waals surface area (Å²) in [5, 5.41) is 0. The SMILES string of the molecule is CC[P+](CC)(CC)C(OC)c1ccccc1OC.[Br-]. The second-order valence-corrected chi connectivity index (χ2v) is 9.30. The summed E-state index contributed by atoms with van der Waals surface area (Å²) in [5.74, 6) is 1.15. The minimum Gasteiger partial charge on any atom is -1.00 e. The Bertz CT molecular complexity index is 359. The lowest BCUT2D eigenvalue weighted by molar-refractivity contribution is -0.00000457. The van der Waals surface area contributed by atoms with Gasteiger partial charge in [0.25, 0.3) is 0 Å². The quantitative estimate of drug-likeness (QED) is 0.694. The van der Waals surface area contributed by atoms with Crippen molar-refractivity contribution in [3.63, 3.8) is 0 Å². The molecule has 110 valence electrons. The van der Waals surface area contributed by atoms with Gasteiger partial charge in [-0.25, -0.2) is 0 Å². The van der Waals surface area contributed by atoms with Crippen LogP contribution in [-0.4, -0.2) is 32.7 Å². The van der Waals surface area contributed by atoms with Gasteiger partial charge in [0.05, 0.1) is 31.2 Å². The van der Waals surface area contributed by atoms with Crippen LogP contribution in [0.1, 0.15) is 32.2 Å². The number of hydrogen-bond donors (Lipinski definition) is 0. The summed E-state index contributed by atoms with van der Waals surface area (Å²) < 4.78 is 11.4. The van der Waals surface area contributed by atoms with E-state index in [1.54, 1.807) is 7.11 Å². The highest BCUT2D eigenvalue weighted by Gasteiger charge is 2.43. The molecule has 1 aromatic rings. The Morgan fingerprint density at radius 2 is 1.53 bits per heavy atom. The molecule has 19 heavy (non-hydrogen) atoms. The molecule has 0 N–H and O–H groups in total. The predicted octanol–water partition coefficient (Wildman–Crippen LogP) is 1.42. The van der Waals surface area contributed by atoms with Gasteiger partial charge in [0.1, 0.15) is 5.75 Å². The lowest BCUT2D eigenvalue weighted by Crippen LogP contribution is -3.00. The summed E-state index contributed by atoms with van der Waals surface area (Å²) in [6, 6.07) is 8.25. The molecule has 0 heterocycles. The molecule has 0 fully saturated rings. The fourth-order valence-corrected chi connectivity index (χ4v) is 6.27. The summed E-state index contributed by atoms with van der Waals surface area (Å²) in [7, 11) is 2.44. The minimum atomic E-state index is -1.11. The number of para-hydroxylation sites is 1. The summed E-state index contributed by atoms with van der Waals surface area (Å²) in [6.45, 7) is 6.88. The first-order chi connectivity index (χ1) is 8.68. The fourth-order valence-electron chi connectivity index (χ4n) is 2.68. The fraction of sp³-hybridized carbons (Fsp3) is 0.600. The molecule has 0 aromatic heterocycles. The maximum absolute atomic E-state index is 5.89. The molecule has 0 spiro atoms. The van der Waals surface area contributed by atoms with Crippen molar-refractivity contribution in [3.8, 4) is 5.75 Å². The van der Waals surface area contributed by atoms with E-state index in [-0.39, 0.29) is 22.8 Å². The molecule has 2 nitrogen and oxygen atoms in total. The Morgan fingerprint density at radius 1 is 1.00 bits per heavy atom. The maximum atomic E-state index is 5.89. The van der Waals surface area contributed by atoms with Gasteiger partial charge in [-0.2, -0.15) is 0 Å². The lowest BCUT2D eigenvalue weighted by Gasteiger charge is -2.32. The van der Waals surface area contributed by atoms with Gasteiger partial charge in [0.15, 0.2) is 5.85 Å². The van der Waals surface area contributed by atoms with Gasteiger partial charge in [-0.05, 0) is 32.9 Å². The van der Waals surface area contributed by atoms with Crippen LogP contribution < -0.4 is 21.7 Å². The monoisotopic (exact) mass is 348 g/mol. The highest BCUT2D eigenvalue weighted by atomic mass is 79.9. The number of rotatable bonds is 7. The Morgan fingerprint density at radius 3 is 1.95 bits per heavy atom. The van der Waals surface area contributed by atoms with E-state index in [1.165, 1.54) is 24.0 Å².